The number of ketones is 1. The first-order valence-corrected chi connectivity index (χ1v) is 13.9. The number of alkyl halides is 2. The van der Waals surface area contributed by atoms with E-state index in [4.69, 9.17) is 10.5 Å². The third-order valence-corrected chi connectivity index (χ3v) is 7.44. The Bertz CT molecular complexity index is 1750. The van der Waals surface area contributed by atoms with E-state index >= 15 is 0 Å². The van der Waals surface area contributed by atoms with Gasteiger partial charge in [0.15, 0.2) is 5.78 Å². The predicted molar refractivity (Wildman–Crippen MR) is 169 cm³/mol. The SMILES string of the molecule is CC(=O)c1ccc(C(=O)N2C[C@H](NC(=O)[C@H](C)N)C(=O)N(Cc3c(OC(F)F)ccc4ccccc34)c3ccccc32)cc1.Cl. The lowest BCUT2D eigenvalue weighted by molar-refractivity contribution is -0.127. The van der Waals surface area contributed by atoms with Crippen LogP contribution in [0.4, 0.5) is 20.2 Å². The van der Waals surface area contributed by atoms with Crippen LogP contribution in [0.15, 0.2) is 84.9 Å². The van der Waals surface area contributed by atoms with Gasteiger partial charge in [0.1, 0.15) is 11.8 Å². The van der Waals surface area contributed by atoms with Gasteiger partial charge in [-0.2, -0.15) is 8.78 Å². The molecule has 0 aliphatic carbocycles. The molecule has 0 aromatic heterocycles. The molecule has 234 valence electrons. The van der Waals surface area contributed by atoms with Crippen molar-refractivity contribution in [3.8, 4) is 5.75 Å². The number of amides is 3. The molecule has 0 spiro atoms. The van der Waals surface area contributed by atoms with Crippen molar-refractivity contribution in [3.63, 3.8) is 0 Å². The molecule has 45 heavy (non-hydrogen) atoms. The molecule has 2 atom stereocenters. The van der Waals surface area contributed by atoms with E-state index in [9.17, 15) is 28.0 Å². The number of carbonyl (C=O) groups is 4. The van der Waals surface area contributed by atoms with Crippen molar-refractivity contribution in [1.29, 1.82) is 0 Å². The monoisotopic (exact) mass is 636 g/mol. The minimum absolute atomic E-state index is 0. The van der Waals surface area contributed by atoms with Crippen molar-refractivity contribution in [2.24, 2.45) is 5.73 Å². The molecular weight excluding hydrogens is 606 g/mol. The fourth-order valence-corrected chi connectivity index (χ4v) is 5.20. The molecule has 3 amide bonds. The lowest BCUT2D eigenvalue weighted by Gasteiger charge is -2.27. The summed E-state index contributed by atoms with van der Waals surface area (Å²) in [6.45, 7) is -0.677. The Balaban J connectivity index is 0.00000461. The first kappa shape index (κ1) is 33.0. The minimum Gasteiger partial charge on any atom is -0.434 e. The maximum absolute atomic E-state index is 14.3. The zero-order valence-electron chi connectivity index (χ0n) is 24.4. The lowest BCUT2D eigenvalue weighted by Crippen LogP contribution is -2.55. The summed E-state index contributed by atoms with van der Waals surface area (Å²) in [5, 5.41) is 3.99. The van der Waals surface area contributed by atoms with E-state index in [1.165, 1.54) is 54.0 Å². The average molecular weight is 637 g/mol. The molecule has 0 saturated carbocycles. The number of Topliss-reactive ketones (excluding diaryl/α,β-unsaturated/α-hetero) is 1. The van der Waals surface area contributed by atoms with E-state index in [1.54, 1.807) is 48.5 Å². The first-order chi connectivity index (χ1) is 21.0. The van der Waals surface area contributed by atoms with Crippen LogP contribution < -0.4 is 25.6 Å². The number of hydrogen-bond acceptors (Lipinski definition) is 6. The fraction of sp³-hybridized carbons (Fsp3) is 0.212. The number of carbonyl (C=O) groups excluding carboxylic acids is 4. The summed E-state index contributed by atoms with van der Waals surface area (Å²) >= 11 is 0. The van der Waals surface area contributed by atoms with Crippen LogP contribution >= 0.6 is 12.4 Å². The number of ether oxygens (including phenoxy) is 1. The van der Waals surface area contributed by atoms with E-state index in [1.807, 2.05) is 6.07 Å². The van der Waals surface area contributed by atoms with Crippen molar-refractivity contribution in [2.75, 3.05) is 16.3 Å². The molecule has 0 unspecified atom stereocenters. The van der Waals surface area contributed by atoms with Crippen molar-refractivity contribution in [3.05, 3.63) is 102 Å². The summed E-state index contributed by atoms with van der Waals surface area (Å²) in [6, 6.07) is 20.8. The highest BCUT2D eigenvalue weighted by molar-refractivity contribution is 6.13. The Kier molecular flexibility index (Phi) is 10.2. The second-order valence-corrected chi connectivity index (χ2v) is 10.5. The highest BCUT2D eigenvalue weighted by Crippen LogP contribution is 2.38. The van der Waals surface area contributed by atoms with E-state index in [2.05, 4.69) is 5.32 Å². The summed E-state index contributed by atoms with van der Waals surface area (Å²) in [5.74, 6) is -1.94. The highest BCUT2D eigenvalue weighted by Gasteiger charge is 2.38. The summed E-state index contributed by atoms with van der Waals surface area (Å²) in [4.78, 5) is 55.5. The number of hydrogen-bond donors (Lipinski definition) is 2. The molecule has 0 radical (unpaired) electrons. The van der Waals surface area contributed by atoms with E-state index < -0.39 is 36.4 Å². The molecule has 1 aliphatic heterocycles. The molecule has 12 heteroatoms. The average Bonchev–Trinajstić information content (AvgIpc) is 3.12. The number of nitrogens with one attached hydrogen (secondary N) is 1. The lowest BCUT2D eigenvalue weighted by atomic mass is 10.0. The van der Waals surface area contributed by atoms with E-state index in [0.717, 1.165) is 5.39 Å². The number of anilines is 2. The molecule has 0 bridgehead atoms. The largest absolute Gasteiger partial charge is 0.434 e. The van der Waals surface area contributed by atoms with Gasteiger partial charge in [0.2, 0.25) is 5.91 Å². The van der Waals surface area contributed by atoms with Crippen molar-refractivity contribution < 1.29 is 32.7 Å². The normalized spacial score (nSPS) is 15.2. The summed E-state index contributed by atoms with van der Waals surface area (Å²) in [5.41, 5.74) is 7.48. The van der Waals surface area contributed by atoms with Gasteiger partial charge in [-0.15, -0.1) is 12.4 Å². The summed E-state index contributed by atoms with van der Waals surface area (Å²) < 4.78 is 31.8. The molecule has 1 heterocycles. The van der Waals surface area contributed by atoms with Gasteiger partial charge in [-0.3, -0.25) is 19.2 Å². The smallest absolute Gasteiger partial charge is 0.387 e. The van der Waals surface area contributed by atoms with Crippen LogP contribution in [0, 0.1) is 0 Å². The Morgan fingerprint density at radius 3 is 2.20 bits per heavy atom. The van der Waals surface area contributed by atoms with Gasteiger partial charge >= 0.3 is 6.61 Å². The minimum atomic E-state index is -3.11. The van der Waals surface area contributed by atoms with Crippen LogP contribution in [0.25, 0.3) is 10.8 Å². The Morgan fingerprint density at radius 2 is 1.56 bits per heavy atom. The van der Waals surface area contributed by atoms with Gasteiger partial charge in [-0.1, -0.05) is 54.6 Å². The predicted octanol–water partition coefficient (Wildman–Crippen LogP) is 5.09. The second-order valence-electron chi connectivity index (χ2n) is 10.5. The summed E-state index contributed by atoms with van der Waals surface area (Å²) in [7, 11) is 0. The van der Waals surface area contributed by atoms with Gasteiger partial charge in [-0.25, -0.2) is 0 Å². The van der Waals surface area contributed by atoms with Gasteiger partial charge < -0.3 is 25.6 Å². The van der Waals surface area contributed by atoms with Gasteiger partial charge in [-0.05, 0) is 55.0 Å². The number of nitrogens with zero attached hydrogens (tertiary/aromatic N) is 2. The number of rotatable bonds is 8. The van der Waals surface area contributed by atoms with Crippen LogP contribution in [0.1, 0.15) is 40.1 Å². The summed E-state index contributed by atoms with van der Waals surface area (Å²) in [6.07, 6.45) is 0. The molecule has 4 aromatic rings. The first-order valence-electron chi connectivity index (χ1n) is 13.9. The molecule has 0 saturated heterocycles. The molecule has 5 rings (SSSR count). The number of benzene rings is 4. The van der Waals surface area contributed by atoms with Crippen molar-refractivity contribution in [1.82, 2.24) is 5.32 Å². The zero-order valence-corrected chi connectivity index (χ0v) is 25.2. The molecule has 3 N–H and O–H groups in total. The number of nitrogens with two attached hydrogens (primary N) is 1. The quantitative estimate of drug-likeness (QED) is 0.260. The zero-order chi connectivity index (χ0) is 31.5. The molecular formula is C33H31ClF2N4O5. The highest BCUT2D eigenvalue weighted by atomic mass is 35.5. The van der Waals surface area contributed by atoms with Crippen LogP contribution in [0.5, 0.6) is 5.75 Å². The standard InChI is InChI=1S/C33H30F2N4O5.ClH/c1-19(36)30(41)37-26-18-39(31(42)23-13-11-21(12-14-23)20(2)40)28-10-6-5-9-27(28)38(32(26)43)17-25-24-8-4-3-7-22(24)15-16-29(25)44-33(34)35;/h3-16,19,26,33H,17-18,36H2,1-2H3,(H,37,41);1H/t19-,26-;/m0./s1. The fourth-order valence-electron chi connectivity index (χ4n) is 5.20. The number of halogens is 3. The Labute approximate surface area is 264 Å². The van der Waals surface area contributed by atoms with E-state index in [0.29, 0.717) is 27.9 Å². The van der Waals surface area contributed by atoms with Crippen LogP contribution in [0.3, 0.4) is 0 Å². The molecule has 1 aliphatic rings. The van der Waals surface area contributed by atoms with Crippen LogP contribution in [0.2, 0.25) is 0 Å². The van der Waals surface area contributed by atoms with Crippen LogP contribution in [-0.4, -0.2) is 48.7 Å². The third-order valence-electron chi connectivity index (χ3n) is 7.44. The maximum atomic E-state index is 14.3. The number of para-hydroxylation sites is 2. The number of fused-ring (bicyclic) bond motifs is 2. The second kappa shape index (κ2) is 13.8. The third kappa shape index (κ3) is 6.95. The maximum Gasteiger partial charge on any atom is 0.387 e. The van der Waals surface area contributed by atoms with E-state index in [-0.39, 0.29) is 42.6 Å². The topological polar surface area (TPSA) is 122 Å². The van der Waals surface area contributed by atoms with Crippen molar-refractivity contribution >= 4 is 58.1 Å². The Morgan fingerprint density at radius 1 is 0.933 bits per heavy atom. The van der Waals surface area contributed by atoms with Crippen LogP contribution in [-0.2, 0) is 16.1 Å². The van der Waals surface area contributed by atoms with Crippen molar-refractivity contribution in [2.45, 2.75) is 39.1 Å². The Hall–Kier alpha value is -4.87. The molecule has 0 fully saturated rings. The molecule has 9 nitrogen and oxygen atoms in total. The molecule has 4 aromatic carbocycles. The van der Waals surface area contributed by atoms with Gasteiger partial charge in [0, 0.05) is 16.7 Å². The van der Waals surface area contributed by atoms with Gasteiger partial charge in [0.05, 0.1) is 30.5 Å². The van der Waals surface area contributed by atoms with Gasteiger partial charge in [0.25, 0.3) is 11.8 Å².